The lowest BCUT2D eigenvalue weighted by atomic mass is 10.2. The molecule has 0 unspecified atom stereocenters. The van der Waals surface area contributed by atoms with Gasteiger partial charge in [0, 0.05) is 25.3 Å². The molecule has 6 nitrogen and oxygen atoms in total. The fourth-order valence-electron chi connectivity index (χ4n) is 3.81. The SMILES string of the molecule is CCn1c(CNc2ccc(F)cc2)nc2cc(S(=O)(=O)N3CCCCC3)ccc21. The van der Waals surface area contributed by atoms with Crippen LogP contribution in [0.4, 0.5) is 10.1 Å². The van der Waals surface area contributed by atoms with E-state index in [4.69, 9.17) is 0 Å². The smallest absolute Gasteiger partial charge is 0.243 e. The summed E-state index contributed by atoms with van der Waals surface area (Å²) >= 11 is 0. The molecule has 2 heterocycles. The van der Waals surface area contributed by atoms with Crippen LogP contribution >= 0.6 is 0 Å². The van der Waals surface area contributed by atoms with Crippen molar-refractivity contribution >= 4 is 26.7 Å². The number of anilines is 1. The van der Waals surface area contributed by atoms with Gasteiger partial charge in [-0.3, -0.25) is 0 Å². The third-order valence-corrected chi connectivity index (χ3v) is 7.26. The summed E-state index contributed by atoms with van der Waals surface area (Å²) in [5, 5.41) is 3.24. The second-order valence-electron chi connectivity index (χ2n) is 7.25. The Morgan fingerprint density at radius 3 is 2.48 bits per heavy atom. The number of nitrogens with zero attached hydrogens (tertiary/aromatic N) is 3. The Morgan fingerprint density at radius 1 is 1.07 bits per heavy atom. The van der Waals surface area contributed by atoms with Crippen LogP contribution in [0.1, 0.15) is 32.0 Å². The number of imidazole rings is 1. The first-order chi connectivity index (χ1) is 14.0. The van der Waals surface area contributed by atoms with Crippen molar-refractivity contribution in [1.82, 2.24) is 13.9 Å². The quantitative estimate of drug-likeness (QED) is 0.660. The maximum absolute atomic E-state index is 13.1. The molecule has 154 valence electrons. The Balaban J connectivity index is 1.62. The number of sulfonamides is 1. The largest absolute Gasteiger partial charge is 0.378 e. The minimum Gasteiger partial charge on any atom is -0.378 e. The van der Waals surface area contributed by atoms with Crippen LogP contribution in [0.15, 0.2) is 47.4 Å². The number of piperidine rings is 1. The van der Waals surface area contributed by atoms with Crippen molar-refractivity contribution in [2.75, 3.05) is 18.4 Å². The maximum Gasteiger partial charge on any atom is 0.243 e. The van der Waals surface area contributed by atoms with Gasteiger partial charge in [-0.25, -0.2) is 17.8 Å². The summed E-state index contributed by atoms with van der Waals surface area (Å²) in [6.07, 6.45) is 2.90. The van der Waals surface area contributed by atoms with Crippen LogP contribution in [0.3, 0.4) is 0 Å². The molecule has 0 bridgehead atoms. The summed E-state index contributed by atoms with van der Waals surface area (Å²) < 4.78 is 42.7. The second kappa shape index (κ2) is 8.12. The van der Waals surface area contributed by atoms with Gasteiger partial charge in [0.25, 0.3) is 0 Å². The van der Waals surface area contributed by atoms with Crippen molar-refractivity contribution in [3.8, 4) is 0 Å². The maximum atomic E-state index is 13.1. The highest BCUT2D eigenvalue weighted by Crippen LogP contribution is 2.25. The van der Waals surface area contributed by atoms with Crippen LogP contribution in [0.5, 0.6) is 0 Å². The first-order valence-electron chi connectivity index (χ1n) is 9.98. The Bertz CT molecular complexity index is 1100. The van der Waals surface area contributed by atoms with Crippen LogP contribution in [-0.2, 0) is 23.1 Å². The molecule has 0 amide bonds. The van der Waals surface area contributed by atoms with Gasteiger partial charge in [-0.2, -0.15) is 4.31 Å². The van der Waals surface area contributed by atoms with E-state index in [-0.39, 0.29) is 5.82 Å². The summed E-state index contributed by atoms with van der Waals surface area (Å²) in [7, 11) is -3.49. The van der Waals surface area contributed by atoms with E-state index in [0.29, 0.717) is 30.0 Å². The second-order valence-corrected chi connectivity index (χ2v) is 9.19. The standard InChI is InChI=1S/C21H25FN4O2S/c1-2-26-20-11-10-18(29(27,28)25-12-4-3-5-13-25)14-19(20)24-21(26)15-23-17-8-6-16(22)7-9-17/h6-11,14,23H,2-5,12-13,15H2,1H3. The van der Waals surface area contributed by atoms with E-state index in [2.05, 4.69) is 14.9 Å². The monoisotopic (exact) mass is 416 g/mol. The van der Waals surface area contributed by atoms with Crippen molar-refractivity contribution in [3.63, 3.8) is 0 Å². The molecule has 0 aliphatic carbocycles. The van der Waals surface area contributed by atoms with Crippen LogP contribution < -0.4 is 5.32 Å². The molecule has 1 fully saturated rings. The topological polar surface area (TPSA) is 67.2 Å². The Kier molecular flexibility index (Phi) is 5.56. The molecule has 1 saturated heterocycles. The molecule has 0 saturated carbocycles. The molecule has 8 heteroatoms. The lowest BCUT2D eigenvalue weighted by molar-refractivity contribution is 0.346. The molecular formula is C21H25FN4O2S. The highest BCUT2D eigenvalue weighted by molar-refractivity contribution is 7.89. The van der Waals surface area contributed by atoms with Gasteiger partial charge >= 0.3 is 0 Å². The Hall–Kier alpha value is -2.45. The van der Waals surface area contributed by atoms with E-state index in [9.17, 15) is 12.8 Å². The minimum absolute atomic E-state index is 0.279. The first kappa shape index (κ1) is 19.8. The average Bonchev–Trinajstić information content (AvgIpc) is 3.10. The fourth-order valence-corrected chi connectivity index (χ4v) is 5.35. The predicted octanol–water partition coefficient (Wildman–Crippen LogP) is 3.98. The average molecular weight is 417 g/mol. The molecule has 2 aromatic carbocycles. The first-order valence-corrected chi connectivity index (χ1v) is 11.4. The lowest BCUT2D eigenvalue weighted by Gasteiger charge is -2.25. The van der Waals surface area contributed by atoms with Crippen LogP contribution in [0.25, 0.3) is 11.0 Å². The van der Waals surface area contributed by atoms with E-state index >= 15 is 0 Å². The fraction of sp³-hybridized carbons (Fsp3) is 0.381. The van der Waals surface area contributed by atoms with Crippen molar-refractivity contribution in [2.24, 2.45) is 0 Å². The molecule has 29 heavy (non-hydrogen) atoms. The zero-order chi connectivity index (χ0) is 20.4. The van der Waals surface area contributed by atoms with Gasteiger partial charge in [-0.1, -0.05) is 6.42 Å². The van der Waals surface area contributed by atoms with Gasteiger partial charge < -0.3 is 9.88 Å². The molecular weight excluding hydrogens is 391 g/mol. The van der Waals surface area contributed by atoms with Crippen molar-refractivity contribution < 1.29 is 12.8 Å². The lowest BCUT2D eigenvalue weighted by Crippen LogP contribution is -2.35. The highest BCUT2D eigenvalue weighted by atomic mass is 32.2. The number of halogens is 1. The van der Waals surface area contributed by atoms with E-state index in [0.717, 1.165) is 42.8 Å². The molecule has 1 aliphatic rings. The molecule has 0 radical (unpaired) electrons. The molecule has 4 rings (SSSR count). The number of hydrogen-bond donors (Lipinski definition) is 1. The number of fused-ring (bicyclic) bond motifs is 1. The molecule has 0 atom stereocenters. The van der Waals surface area contributed by atoms with Gasteiger partial charge in [0.05, 0.1) is 22.5 Å². The molecule has 0 spiro atoms. The van der Waals surface area contributed by atoms with Gasteiger partial charge in [-0.05, 0) is 62.2 Å². The van der Waals surface area contributed by atoms with Crippen molar-refractivity contribution in [1.29, 1.82) is 0 Å². The molecule has 1 N–H and O–H groups in total. The number of rotatable bonds is 6. The van der Waals surface area contributed by atoms with Crippen molar-refractivity contribution in [3.05, 3.63) is 54.1 Å². The predicted molar refractivity (Wildman–Crippen MR) is 112 cm³/mol. The number of aryl methyl sites for hydroxylation is 1. The van der Waals surface area contributed by atoms with Gasteiger partial charge in [0.15, 0.2) is 0 Å². The minimum atomic E-state index is -3.49. The van der Waals surface area contributed by atoms with E-state index < -0.39 is 10.0 Å². The molecule has 1 aromatic heterocycles. The summed E-state index contributed by atoms with van der Waals surface area (Å²) in [5.41, 5.74) is 2.37. The summed E-state index contributed by atoms with van der Waals surface area (Å²) in [6, 6.07) is 11.4. The van der Waals surface area contributed by atoms with E-state index in [1.165, 1.54) is 12.1 Å². The molecule has 1 aliphatic heterocycles. The number of aromatic nitrogens is 2. The van der Waals surface area contributed by atoms with Crippen LogP contribution in [-0.4, -0.2) is 35.4 Å². The zero-order valence-electron chi connectivity index (χ0n) is 16.4. The Labute approximate surface area is 170 Å². The number of benzene rings is 2. The molecule has 3 aromatic rings. The third-order valence-electron chi connectivity index (χ3n) is 5.36. The van der Waals surface area contributed by atoms with Gasteiger partial charge in [0.2, 0.25) is 10.0 Å². The number of nitrogens with one attached hydrogen (secondary N) is 1. The summed E-state index contributed by atoms with van der Waals surface area (Å²) in [5.74, 6) is 0.526. The summed E-state index contributed by atoms with van der Waals surface area (Å²) in [6.45, 7) is 4.37. The summed E-state index contributed by atoms with van der Waals surface area (Å²) in [4.78, 5) is 4.98. The van der Waals surface area contributed by atoms with Crippen LogP contribution in [0.2, 0.25) is 0 Å². The van der Waals surface area contributed by atoms with Gasteiger partial charge in [-0.15, -0.1) is 0 Å². The number of hydrogen-bond acceptors (Lipinski definition) is 4. The van der Waals surface area contributed by atoms with Crippen molar-refractivity contribution in [2.45, 2.75) is 44.2 Å². The normalized spacial score (nSPS) is 15.7. The van der Waals surface area contributed by atoms with E-state index in [1.807, 2.05) is 13.0 Å². The van der Waals surface area contributed by atoms with Gasteiger partial charge in [0.1, 0.15) is 11.6 Å². The van der Waals surface area contributed by atoms with Crippen LogP contribution in [0, 0.1) is 5.82 Å². The highest BCUT2D eigenvalue weighted by Gasteiger charge is 2.26. The Morgan fingerprint density at radius 2 is 1.79 bits per heavy atom. The third kappa shape index (κ3) is 4.00. The zero-order valence-corrected chi connectivity index (χ0v) is 17.3. The van der Waals surface area contributed by atoms with E-state index in [1.54, 1.807) is 28.6 Å².